The quantitative estimate of drug-likeness (QED) is 0.624. The minimum Gasteiger partial charge on any atom is -0.497 e. The number of fused-ring (bicyclic) bond motifs is 1. The van der Waals surface area contributed by atoms with E-state index in [9.17, 15) is 14.4 Å². The van der Waals surface area contributed by atoms with Crippen LogP contribution in [-0.4, -0.2) is 50.0 Å². The van der Waals surface area contributed by atoms with Crippen molar-refractivity contribution in [1.29, 1.82) is 0 Å². The van der Waals surface area contributed by atoms with Crippen molar-refractivity contribution >= 4 is 34.8 Å². The third-order valence-corrected chi connectivity index (χ3v) is 5.44. The van der Waals surface area contributed by atoms with Crippen molar-refractivity contribution in [2.75, 3.05) is 42.3 Å². The van der Waals surface area contributed by atoms with Gasteiger partial charge in [0.05, 0.1) is 25.0 Å². The van der Waals surface area contributed by atoms with E-state index in [1.807, 2.05) is 25.1 Å². The number of ether oxygens (including phenoxy) is 1. The van der Waals surface area contributed by atoms with Gasteiger partial charge in [-0.3, -0.25) is 19.3 Å². The Morgan fingerprint density at radius 3 is 2.42 bits per heavy atom. The number of nitrogens with one attached hydrogen (secondary N) is 3. The van der Waals surface area contributed by atoms with Gasteiger partial charge >= 0.3 is 0 Å². The first-order valence-corrected chi connectivity index (χ1v) is 10.3. The van der Waals surface area contributed by atoms with Crippen molar-refractivity contribution in [2.24, 2.45) is 0 Å². The van der Waals surface area contributed by atoms with Crippen LogP contribution in [0.1, 0.15) is 20.8 Å². The number of benzene rings is 2. The van der Waals surface area contributed by atoms with E-state index in [0.717, 1.165) is 4.90 Å². The van der Waals surface area contributed by atoms with Crippen molar-refractivity contribution in [3.63, 3.8) is 0 Å². The highest BCUT2D eigenvalue weighted by atomic mass is 16.5. The number of para-hydroxylation sites is 2. The molecule has 0 radical (unpaired) electrons. The number of anilines is 3. The Balaban J connectivity index is 1.70. The maximum atomic E-state index is 13.3. The number of carbonyl (C=O) groups is 3. The minimum atomic E-state index is -1.03. The van der Waals surface area contributed by atoms with Gasteiger partial charge in [0.25, 0.3) is 11.8 Å². The molecular formula is C23H29N4O4+. The molecule has 164 valence electrons. The number of rotatable bonds is 7. The second-order valence-electron chi connectivity index (χ2n) is 7.99. The zero-order valence-corrected chi connectivity index (χ0v) is 18.3. The molecule has 0 bridgehead atoms. The SMILES string of the molecule is CC[NH+](CC(=O)Nc1ccc(OC)cc1)CC(=O)N1c2ccccc2NC(=O)C1(C)C. The third kappa shape index (κ3) is 4.86. The summed E-state index contributed by atoms with van der Waals surface area (Å²) in [6.45, 7) is 6.18. The Morgan fingerprint density at radius 2 is 1.77 bits per heavy atom. The average molecular weight is 426 g/mol. The lowest BCUT2D eigenvalue weighted by molar-refractivity contribution is -0.881. The van der Waals surface area contributed by atoms with Gasteiger partial charge in [-0.1, -0.05) is 12.1 Å². The van der Waals surface area contributed by atoms with Crippen LogP contribution >= 0.6 is 0 Å². The van der Waals surface area contributed by atoms with Gasteiger partial charge in [-0.25, -0.2) is 0 Å². The van der Waals surface area contributed by atoms with Crippen molar-refractivity contribution < 1.29 is 24.0 Å². The fourth-order valence-electron chi connectivity index (χ4n) is 3.61. The molecular weight excluding hydrogens is 396 g/mol. The molecule has 8 heteroatoms. The standard InChI is InChI=1S/C23H28N4O4/c1-5-26(14-20(28)24-16-10-12-17(31-4)13-11-16)15-21(29)27-19-9-7-6-8-18(19)25-22(30)23(27,2)3/h6-13H,5,14-15H2,1-4H3,(H,24,28)(H,25,30)/p+1. The van der Waals surface area contributed by atoms with E-state index < -0.39 is 5.54 Å². The summed E-state index contributed by atoms with van der Waals surface area (Å²) in [4.78, 5) is 40.7. The molecule has 3 N–H and O–H groups in total. The molecule has 8 nitrogen and oxygen atoms in total. The predicted molar refractivity (Wildman–Crippen MR) is 119 cm³/mol. The van der Waals surface area contributed by atoms with Gasteiger partial charge in [0, 0.05) is 5.69 Å². The zero-order chi connectivity index (χ0) is 22.6. The lowest BCUT2D eigenvalue weighted by atomic mass is 9.96. The highest BCUT2D eigenvalue weighted by Gasteiger charge is 2.44. The maximum Gasteiger partial charge on any atom is 0.283 e. The van der Waals surface area contributed by atoms with Crippen molar-refractivity contribution in [3.8, 4) is 5.75 Å². The average Bonchev–Trinajstić information content (AvgIpc) is 2.74. The number of quaternary nitrogens is 1. The van der Waals surface area contributed by atoms with Crippen molar-refractivity contribution in [1.82, 2.24) is 0 Å². The van der Waals surface area contributed by atoms with Gasteiger partial charge in [-0.15, -0.1) is 0 Å². The summed E-state index contributed by atoms with van der Waals surface area (Å²) in [6, 6.07) is 14.3. The van der Waals surface area contributed by atoms with Gasteiger partial charge in [0.15, 0.2) is 13.1 Å². The smallest absolute Gasteiger partial charge is 0.283 e. The normalized spacial score (nSPS) is 15.5. The number of hydrogen-bond acceptors (Lipinski definition) is 4. The number of amides is 3. The minimum absolute atomic E-state index is 0.0948. The van der Waals surface area contributed by atoms with Gasteiger partial charge in [0.1, 0.15) is 11.3 Å². The molecule has 3 amide bonds. The van der Waals surface area contributed by atoms with Gasteiger partial charge in [-0.2, -0.15) is 0 Å². The lowest BCUT2D eigenvalue weighted by Crippen LogP contribution is -3.14. The van der Waals surface area contributed by atoms with Crippen molar-refractivity contribution in [3.05, 3.63) is 48.5 Å². The molecule has 2 aromatic carbocycles. The van der Waals surface area contributed by atoms with Crippen LogP contribution in [0.4, 0.5) is 17.1 Å². The molecule has 1 aliphatic rings. The fraction of sp³-hybridized carbons (Fsp3) is 0.348. The molecule has 3 rings (SSSR count). The second-order valence-corrected chi connectivity index (χ2v) is 7.99. The number of methoxy groups -OCH3 is 1. The Hall–Kier alpha value is -3.39. The summed E-state index contributed by atoms with van der Waals surface area (Å²) in [7, 11) is 1.58. The number of hydrogen-bond donors (Lipinski definition) is 3. The first-order valence-electron chi connectivity index (χ1n) is 10.3. The number of carbonyl (C=O) groups excluding carboxylic acids is 3. The van der Waals surface area contributed by atoms with Crippen LogP contribution in [-0.2, 0) is 14.4 Å². The summed E-state index contributed by atoms with van der Waals surface area (Å²) >= 11 is 0. The van der Waals surface area contributed by atoms with Crippen LogP contribution in [0.5, 0.6) is 5.75 Å². The maximum absolute atomic E-state index is 13.3. The molecule has 0 fully saturated rings. The molecule has 31 heavy (non-hydrogen) atoms. The van der Waals surface area contributed by atoms with E-state index in [1.165, 1.54) is 4.90 Å². The summed E-state index contributed by atoms with van der Waals surface area (Å²) in [6.07, 6.45) is 0. The van der Waals surface area contributed by atoms with Gasteiger partial charge in [0.2, 0.25) is 5.91 Å². The summed E-state index contributed by atoms with van der Waals surface area (Å²) in [5.41, 5.74) is 0.899. The Morgan fingerprint density at radius 1 is 1.10 bits per heavy atom. The first kappa shape index (κ1) is 22.3. The molecule has 0 aromatic heterocycles. The van der Waals surface area contributed by atoms with Crippen LogP contribution in [0.15, 0.2) is 48.5 Å². The number of nitrogens with zero attached hydrogens (tertiary/aromatic N) is 1. The largest absolute Gasteiger partial charge is 0.497 e. The molecule has 1 atom stereocenters. The third-order valence-electron chi connectivity index (χ3n) is 5.44. The summed E-state index contributed by atoms with van der Waals surface area (Å²) in [5, 5.41) is 5.70. The molecule has 0 spiro atoms. The van der Waals surface area contributed by atoms with Crippen LogP contribution in [0.25, 0.3) is 0 Å². The van der Waals surface area contributed by atoms with Gasteiger partial charge < -0.3 is 20.3 Å². The molecule has 0 saturated heterocycles. The van der Waals surface area contributed by atoms with Crippen LogP contribution < -0.4 is 25.2 Å². The van der Waals surface area contributed by atoms with E-state index in [4.69, 9.17) is 4.74 Å². The van der Waals surface area contributed by atoms with Crippen LogP contribution in [0, 0.1) is 0 Å². The number of likely N-dealkylation sites (N-methyl/N-ethyl adjacent to an activating group) is 1. The van der Waals surface area contributed by atoms with E-state index >= 15 is 0 Å². The lowest BCUT2D eigenvalue weighted by Gasteiger charge is -2.42. The van der Waals surface area contributed by atoms with Crippen molar-refractivity contribution in [2.45, 2.75) is 26.3 Å². The summed E-state index contributed by atoms with van der Waals surface area (Å²) in [5.74, 6) is 0.0694. The van der Waals surface area contributed by atoms with Crippen LogP contribution in [0.3, 0.4) is 0 Å². The molecule has 0 aliphatic carbocycles. The van der Waals surface area contributed by atoms with E-state index in [-0.39, 0.29) is 30.8 Å². The summed E-state index contributed by atoms with van der Waals surface area (Å²) < 4.78 is 5.12. The highest BCUT2D eigenvalue weighted by Crippen LogP contribution is 2.36. The topological polar surface area (TPSA) is 92.2 Å². The monoisotopic (exact) mass is 425 g/mol. The Bertz CT molecular complexity index is 972. The Labute approximate surface area is 182 Å². The highest BCUT2D eigenvalue weighted by molar-refractivity contribution is 6.14. The molecule has 2 aromatic rings. The van der Waals surface area contributed by atoms with E-state index in [2.05, 4.69) is 10.6 Å². The Kier molecular flexibility index (Phi) is 6.60. The van der Waals surface area contributed by atoms with E-state index in [0.29, 0.717) is 29.4 Å². The van der Waals surface area contributed by atoms with Crippen LogP contribution in [0.2, 0.25) is 0 Å². The molecule has 0 saturated carbocycles. The fourth-order valence-corrected chi connectivity index (χ4v) is 3.61. The molecule has 1 aliphatic heterocycles. The second kappa shape index (κ2) is 9.18. The predicted octanol–water partition coefficient (Wildman–Crippen LogP) is 1.30. The van der Waals surface area contributed by atoms with E-state index in [1.54, 1.807) is 51.3 Å². The first-order chi connectivity index (χ1) is 14.8. The molecule has 1 unspecified atom stereocenters. The van der Waals surface area contributed by atoms with Gasteiger partial charge in [-0.05, 0) is 57.2 Å². The molecule has 1 heterocycles. The zero-order valence-electron chi connectivity index (χ0n) is 18.3.